The van der Waals surface area contributed by atoms with E-state index in [2.05, 4.69) is 40.0 Å². The van der Waals surface area contributed by atoms with Crippen molar-refractivity contribution in [3.8, 4) is 5.75 Å². The molecule has 2 rings (SSSR count). The molecule has 0 aromatic heterocycles. The Bertz CT molecular complexity index is 461. The number of phenols is 1. The molecule has 1 atom stereocenters. The van der Waals surface area contributed by atoms with Crippen molar-refractivity contribution in [3.63, 3.8) is 0 Å². The maximum Gasteiger partial charge on any atom is 0.139 e. The van der Waals surface area contributed by atoms with E-state index in [0.29, 0.717) is 10.9 Å². The second kappa shape index (κ2) is 7.12. The van der Waals surface area contributed by atoms with Gasteiger partial charge in [0.05, 0.1) is 5.02 Å². The molecule has 0 spiro atoms. The van der Waals surface area contributed by atoms with E-state index in [1.165, 1.54) is 0 Å². The first-order valence-corrected chi connectivity index (χ1v) is 8.28. The molecule has 20 heavy (non-hydrogen) atoms. The molecular formula is C15H22BrClN2O. The Morgan fingerprint density at radius 1 is 1.35 bits per heavy atom. The van der Waals surface area contributed by atoms with E-state index in [0.717, 1.165) is 42.6 Å². The molecule has 1 aromatic rings. The first kappa shape index (κ1) is 16.1. The highest BCUT2D eigenvalue weighted by Crippen LogP contribution is 2.39. The van der Waals surface area contributed by atoms with Crippen molar-refractivity contribution < 1.29 is 5.11 Å². The lowest BCUT2D eigenvalue weighted by atomic mass is 9.94. The van der Waals surface area contributed by atoms with E-state index in [9.17, 15) is 5.11 Å². The van der Waals surface area contributed by atoms with Gasteiger partial charge in [0, 0.05) is 42.3 Å². The van der Waals surface area contributed by atoms with Gasteiger partial charge in [-0.2, -0.15) is 0 Å². The van der Waals surface area contributed by atoms with Crippen LogP contribution in [0.3, 0.4) is 0 Å². The molecule has 0 bridgehead atoms. The average Bonchev–Trinajstić information content (AvgIpc) is 2.41. The van der Waals surface area contributed by atoms with Crippen molar-refractivity contribution in [3.05, 3.63) is 27.2 Å². The maximum absolute atomic E-state index is 10.3. The van der Waals surface area contributed by atoms with Gasteiger partial charge in [-0.1, -0.05) is 41.4 Å². The summed E-state index contributed by atoms with van der Waals surface area (Å²) < 4.78 is 0.916. The van der Waals surface area contributed by atoms with Crippen molar-refractivity contribution in [1.82, 2.24) is 10.2 Å². The summed E-state index contributed by atoms with van der Waals surface area (Å²) in [4.78, 5) is 2.44. The summed E-state index contributed by atoms with van der Waals surface area (Å²) in [6.45, 7) is 8.42. The van der Waals surface area contributed by atoms with E-state index in [-0.39, 0.29) is 11.8 Å². The van der Waals surface area contributed by atoms with Crippen LogP contribution in [0.15, 0.2) is 16.6 Å². The van der Waals surface area contributed by atoms with Crippen molar-refractivity contribution in [2.24, 2.45) is 5.92 Å². The molecule has 0 aliphatic carbocycles. The lowest BCUT2D eigenvalue weighted by Gasteiger charge is -2.36. The Kier molecular flexibility index (Phi) is 5.73. The topological polar surface area (TPSA) is 35.5 Å². The average molecular weight is 362 g/mol. The smallest absolute Gasteiger partial charge is 0.139 e. The zero-order valence-electron chi connectivity index (χ0n) is 12.0. The van der Waals surface area contributed by atoms with Gasteiger partial charge >= 0.3 is 0 Å². The van der Waals surface area contributed by atoms with Gasteiger partial charge < -0.3 is 10.4 Å². The zero-order chi connectivity index (χ0) is 14.7. The quantitative estimate of drug-likeness (QED) is 0.856. The number of piperazine rings is 1. The van der Waals surface area contributed by atoms with Gasteiger partial charge in [-0.25, -0.2) is 0 Å². The molecule has 0 radical (unpaired) electrons. The second-order valence-electron chi connectivity index (χ2n) is 5.76. The lowest BCUT2D eigenvalue weighted by Crippen LogP contribution is -2.45. The zero-order valence-corrected chi connectivity index (χ0v) is 14.3. The predicted molar refractivity (Wildman–Crippen MR) is 87.5 cm³/mol. The van der Waals surface area contributed by atoms with Gasteiger partial charge in [0.2, 0.25) is 0 Å². The number of hydrogen-bond donors (Lipinski definition) is 2. The van der Waals surface area contributed by atoms with Crippen LogP contribution in [0.1, 0.15) is 31.9 Å². The molecule has 0 unspecified atom stereocenters. The summed E-state index contributed by atoms with van der Waals surface area (Å²) in [5, 5.41) is 14.1. The van der Waals surface area contributed by atoms with E-state index < -0.39 is 0 Å². The molecule has 0 amide bonds. The molecule has 1 aliphatic heterocycles. The van der Waals surface area contributed by atoms with Crippen LogP contribution in [0, 0.1) is 5.92 Å². The molecule has 0 saturated carbocycles. The van der Waals surface area contributed by atoms with Crippen LogP contribution in [0.5, 0.6) is 5.75 Å². The highest BCUT2D eigenvalue weighted by molar-refractivity contribution is 9.10. The van der Waals surface area contributed by atoms with Crippen LogP contribution in [-0.2, 0) is 0 Å². The number of phenolic OH excluding ortho intramolecular Hbond substituents is 1. The molecular weight excluding hydrogens is 340 g/mol. The van der Waals surface area contributed by atoms with E-state index in [1.807, 2.05) is 6.07 Å². The van der Waals surface area contributed by atoms with Gasteiger partial charge in [-0.3, -0.25) is 4.90 Å². The minimum Gasteiger partial charge on any atom is -0.506 e. The van der Waals surface area contributed by atoms with Crippen molar-refractivity contribution in [2.75, 3.05) is 26.2 Å². The number of benzene rings is 1. The summed E-state index contributed by atoms with van der Waals surface area (Å²) >= 11 is 9.61. The third kappa shape index (κ3) is 3.88. The molecule has 5 heteroatoms. The normalized spacial score (nSPS) is 18.4. The first-order valence-electron chi connectivity index (χ1n) is 7.11. The number of nitrogens with zero attached hydrogens (tertiary/aromatic N) is 1. The fourth-order valence-corrected chi connectivity index (χ4v) is 3.59. The number of aromatic hydroxyl groups is 1. The molecule has 3 nitrogen and oxygen atoms in total. The summed E-state index contributed by atoms with van der Waals surface area (Å²) in [6, 6.07) is 3.95. The fourth-order valence-electron chi connectivity index (χ4n) is 2.75. The van der Waals surface area contributed by atoms with Gasteiger partial charge in [-0.15, -0.1) is 0 Å². The van der Waals surface area contributed by atoms with Crippen LogP contribution in [0.4, 0.5) is 0 Å². The lowest BCUT2D eigenvalue weighted by molar-refractivity contribution is 0.151. The number of rotatable bonds is 4. The number of nitrogens with one attached hydrogen (secondary N) is 1. The first-order chi connectivity index (χ1) is 9.49. The van der Waals surface area contributed by atoms with E-state index in [1.54, 1.807) is 6.07 Å². The SMILES string of the molecule is CC(C)C[C@@H](c1cc(Br)cc(Cl)c1O)N1CCNCC1. The van der Waals surface area contributed by atoms with Crippen molar-refractivity contribution in [2.45, 2.75) is 26.3 Å². The predicted octanol–water partition coefficient (Wildman–Crippen LogP) is 3.80. The summed E-state index contributed by atoms with van der Waals surface area (Å²) in [6.07, 6.45) is 1.01. The minimum absolute atomic E-state index is 0.215. The third-order valence-corrected chi connectivity index (χ3v) is 4.45. The van der Waals surface area contributed by atoms with Crippen LogP contribution >= 0.6 is 27.5 Å². The molecule has 112 valence electrons. The summed E-state index contributed by atoms with van der Waals surface area (Å²) in [7, 11) is 0. The highest BCUT2D eigenvalue weighted by atomic mass is 79.9. The summed E-state index contributed by atoms with van der Waals surface area (Å²) in [5.41, 5.74) is 0.931. The van der Waals surface area contributed by atoms with Gasteiger partial charge in [-0.05, 0) is 24.5 Å². The molecule has 1 saturated heterocycles. The third-order valence-electron chi connectivity index (χ3n) is 3.70. The van der Waals surface area contributed by atoms with E-state index in [4.69, 9.17) is 11.6 Å². The van der Waals surface area contributed by atoms with Crippen LogP contribution < -0.4 is 5.32 Å². The van der Waals surface area contributed by atoms with Crippen molar-refractivity contribution in [1.29, 1.82) is 0 Å². The Hall–Kier alpha value is -0.290. The van der Waals surface area contributed by atoms with Crippen LogP contribution in [0.2, 0.25) is 5.02 Å². The molecule has 1 aliphatic rings. The largest absolute Gasteiger partial charge is 0.506 e. The fraction of sp³-hybridized carbons (Fsp3) is 0.600. The van der Waals surface area contributed by atoms with Gasteiger partial charge in [0.25, 0.3) is 0 Å². The Labute approximate surface area is 134 Å². The van der Waals surface area contributed by atoms with Gasteiger partial charge in [0.1, 0.15) is 5.75 Å². The Balaban J connectivity index is 2.34. The Morgan fingerprint density at radius 2 is 2.00 bits per heavy atom. The number of halogens is 2. The van der Waals surface area contributed by atoms with Crippen LogP contribution in [0.25, 0.3) is 0 Å². The molecule has 2 N–H and O–H groups in total. The maximum atomic E-state index is 10.3. The van der Waals surface area contributed by atoms with Crippen molar-refractivity contribution >= 4 is 27.5 Å². The molecule has 1 fully saturated rings. The Morgan fingerprint density at radius 3 is 2.60 bits per heavy atom. The standard InChI is InChI=1S/C15H22BrClN2O/c1-10(2)7-14(19-5-3-18-4-6-19)12-8-11(16)9-13(17)15(12)20/h8-10,14,18,20H,3-7H2,1-2H3/t14-/m0/s1. The minimum atomic E-state index is 0.215. The second-order valence-corrected chi connectivity index (χ2v) is 7.08. The molecule has 1 heterocycles. The monoisotopic (exact) mass is 360 g/mol. The van der Waals surface area contributed by atoms with E-state index >= 15 is 0 Å². The molecule has 1 aromatic carbocycles. The highest BCUT2D eigenvalue weighted by Gasteiger charge is 2.26. The number of hydrogen-bond acceptors (Lipinski definition) is 3. The van der Waals surface area contributed by atoms with Gasteiger partial charge in [0.15, 0.2) is 0 Å². The summed E-state index contributed by atoms with van der Waals surface area (Å²) in [5.74, 6) is 0.783. The van der Waals surface area contributed by atoms with Crippen LogP contribution in [-0.4, -0.2) is 36.2 Å².